The number of nitrogens with zero attached hydrogens (tertiary/aromatic N) is 1. The molecular weight excluding hydrogens is 69.0 g/mol. The smallest absolute Gasteiger partial charge is 0.560 e. The summed E-state index contributed by atoms with van der Waals surface area (Å²) in [6, 6.07) is 0. The van der Waals surface area contributed by atoms with Crippen LogP contribution in [0.15, 0.2) is 6.58 Å². The van der Waals surface area contributed by atoms with E-state index in [1.807, 2.05) is 14.1 Å². The molecule has 0 heterocycles. The maximum Gasteiger partial charge on any atom is 1.00 e. The monoisotopic (exact) mass is 77.1 g/mol. The summed E-state index contributed by atoms with van der Waals surface area (Å²) >= 11 is 0. The summed E-state index contributed by atoms with van der Waals surface area (Å²) in [7, 11) is 3.76. The van der Waals surface area contributed by atoms with E-state index in [1.54, 1.807) is 4.90 Å². The van der Waals surface area contributed by atoms with Crippen LogP contribution in [-0.2, 0) is 0 Å². The van der Waals surface area contributed by atoms with E-state index in [4.69, 9.17) is 0 Å². The van der Waals surface area contributed by atoms with Crippen molar-refractivity contribution in [2.45, 2.75) is 0 Å². The van der Waals surface area contributed by atoms with Gasteiger partial charge in [0, 0.05) is 0 Å². The van der Waals surface area contributed by atoms with Crippen LogP contribution in [-0.4, -0.2) is 19.0 Å². The maximum absolute atomic E-state index is 3.36. The summed E-state index contributed by atoms with van der Waals surface area (Å²) in [5, 5.41) is 0. The first-order valence-electron chi connectivity index (χ1n) is 1.47. The van der Waals surface area contributed by atoms with Gasteiger partial charge in [-0.15, -0.1) is 0 Å². The third-order valence-corrected chi connectivity index (χ3v) is 0.316. The van der Waals surface area contributed by atoms with Crippen LogP contribution < -0.4 is 18.9 Å². The van der Waals surface area contributed by atoms with E-state index in [9.17, 15) is 0 Å². The normalized spacial score (nSPS) is 5.67. The fourth-order valence-corrected chi connectivity index (χ4v) is 0. The van der Waals surface area contributed by atoms with Crippen LogP contribution in [0, 0.1) is 6.20 Å². The van der Waals surface area contributed by atoms with Gasteiger partial charge in [0.25, 0.3) is 0 Å². The Bertz CT molecular complexity index is 34.5. The molecule has 30 valence electrons. The van der Waals surface area contributed by atoms with Crippen molar-refractivity contribution in [3.63, 3.8) is 0 Å². The van der Waals surface area contributed by atoms with Gasteiger partial charge in [-0.05, 0) is 14.1 Å². The maximum atomic E-state index is 3.36. The second-order valence-electron chi connectivity index (χ2n) is 1.05. The van der Waals surface area contributed by atoms with E-state index in [-0.39, 0.29) is 18.9 Å². The minimum Gasteiger partial charge on any atom is -0.560 e. The molecular formula is C4H8LiN. The van der Waals surface area contributed by atoms with Crippen molar-refractivity contribution in [2.75, 3.05) is 14.1 Å². The van der Waals surface area contributed by atoms with Crippen molar-refractivity contribution in [3.8, 4) is 0 Å². The fourth-order valence-electron chi connectivity index (χ4n) is 0. The second kappa shape index (κ2) is 5.14. The Morgan fingerprint density at radius 2 is 1.67 bits per heavy atom. The molecule has 6 heavy (non-hydrogen) atoms. The van der Waals surface area contributed by atoms with Crippen LogP contribution in [0.2, 0.25) is 0 Å². The van der Waals surface area contributed by atoms with Gasteiger partial charge in [-0.3, -0.25) is 6.58 Å². The molecule has 0 aliphatic rings. The Labute approximate surface area is 51.2 Å². The number of hydrogen-bond acceptors (Lipinski definition) is 1. The first-order valence-corrected chi connectivity index (χ1v) is 1.47. The molecule has 0 radical (unpaired) electrons. The molecule has 0 fully saturated rings. The van der Waals surface area contributed by atoms with Crippen molar-refractivity contribution in [2.24, 2.45) is 0 Å². The third-order valence-electron chi connectivity index (χ3n) is 0.316. The number of rotatable bonds is 1. The number of hydrogen-bond donors (Lipinski definition) is 0. The average Bonchev–Trinajstić information content (AvgIpc) is 1.38. The van der Waals surface area contributed by atoms with E-state index in [0.29, 0.717) is 0 Å². The predicted octanol–water partition coefficient (Wildman–Crippen LogP) is -2.50. The van der Waals surface area contributed by atoms with Crippen molar-refractivity contribution < 1.29 is 18.9 Å². The summed E-state index contributed by atoms with van der Waals surface area (Å²) in [4.78, 5) is 1.76. The topological polar surface area (TPSA) is 3.24 Å². The van der Waals surface area contributed by atoms with E-state index in [2.05, 4.69) is 12.8 Å². The van der Waals surface area contributed by atoms with Crippen LogP contribution in [0.1, 0.15) is 0 Å². The van der Waals surface area contributed by atoms with Gasteiger partial charge in [-0.2, -0.15) is 0 Å². The molecule has 0 saturated carbocycles. The Morgan fingerprint density at radius 1 is 1.50 bits per heavy atom. The van der Waals surface area contributed by atoms with Gasteiger partial charge >= 0.3 is 18.9 Å². The summed E-state index contributed by atoms with van der Waals surface area (Å²) in [6.45, 7) is 3.36. The molecule has 0 atom stereocenters. The summed E-state index contributed by atoms with van der Waals surface area (Å²) in [6.07, 6.45) is 2.61. The summed E-state index contributed by atoms with van der Waals surface area (Å²) in [5.41, 5.74) is 0. The summed E-state index contributed by atoms with van der Waals surface area (Å²) in [5.74, 6) is 0. The molecule has 0 aromatic heterocycles. The molecule has 0 aliphatic heterocycles. The second-order valence-corrected chi connectivity index (χ2v) is 1.05. The SMILES string of the molecule is C=[C-]N(C)C.[Li+]. The van der Waals surface area contributed by atoms with Crippen molar-refractivity contribution in [1.82, 2.24) is 4.90 Å². The van der Waals surface area contributed by atoms with Gasteiger partial charge in [0.2, 0.25) is 0 Å². The Hall–Kier alpha value is 0.137. The largest absolute Gasteiger partial charge is 1.00 e. The van der Waals surface area contributed by atoms with Crippen molar-refractivity contribution >= 4 is 0 Å². The van der Waals surface area contributed by atoms with Crippen LogP contribution in [0.4, 0.5) is 0 Å². The van der Waals surface area contributed by atoms with Crippen molar-refractivity contribution in [1.29, 1.82) is 0 Å². The van der Waals surface area contributed by atoms with Gasteiger partial charge in [-0.25, -0.2) is 0 Å². The molecule has 2 heteroatoms. The van der Waals surface area contributed by atoms with Gasteiger partial charge in [0.15, 0.2) is 0 Å². The molecule has 0 amide bonds. The molecule has 0 rings (SSSR count). The molecule has 1 nitrogen and oxygen atoms in total. The van der Waals surface area contributed by atoms with Gasteiger partial charge in [-0.1, -0.05) is 0 Å². The van der Waals surface area contributed by atoms with Crippen molar-refractivity contribution in [3.05, 3.63) is 12.8 Å². The zero-order valence-corrected chi connectivity index (χ0v) is 4.65. The molecule has 0 spiro atoms. The van der Waals surface area contributed by atoms with E-state index >= 15 is 0 Å². The molecule has 0 bridgehead atoms. The predicted molar refractivity (Wildman–Crippen MR) is 22.6 cm³/mol. The molecule has 0 saturated heterocycles. The Balaban J connectivity index is 0. The molecule has 0 aromatic carbocycles. The van der Waals surface area contributed by atoms with E-state index in [0.717, 1.165) is 0 Å². The fraction of sp³-hybridized carbons (Fsp3) is 0.500. The van der Waals surface area contributed by atoms with E-state index < -0.39 is 0 Å². The third kappa shape index (κ3) is 8.91. The molecule has 0 aliphatic carbocycles. The Kier molecular flexibility index (Phi) is 8.10. The van der Waals surface area contributed by atoms with Crippen LogP contribution in [0.25, 0.3) is 0 Å². The van der Waals surface area contributed by atoms with Crippen LogP contribution in [0.5, 0.6) is 0 Å². The summed E-state index contributed by atoms with van der Waals surface area (Å²) < 4.78 is 0. The van der Waals surface area contributed by atoms with Crippen LogP contribution >= 0.6 is 0 Å². The minimum absolute atomic E-state index is 0. The standard InChI is InChI=1S/C4H8N.Li/c1-4-5(2)3;/h1H2,2-3H3;/q-1;+1. The zero-order valence-electron chi connectivity index (χ0n) is 4.65. The first kappa shape index (κ1) is 9.46. The van der Waals surface area contributed by atoms with Crippen LogP contribution in [0.3, 0.4) is 0 Å². The minimum atomic E-state index is 0. The molecule has 0 aromatic rings. The quantitative estimate of drug-likeness (QED) is 0.190. The van der Waals surface area contributed by atoms with E-state index in [1.165, 1.54) is 0 Å². The Morgan fingerprint density at radius 3 is 1.67 bits per heavy atom. The molecule has 0 unspecified atom stereocenters. The van der Waals surface area contributed by atoms with Gasteiger partial charge < -0.3 is 11.1 Å². The van der Waals surface area contributed by atoms with Gasteiger partial charge in [0.1, 0.15) is 0 Å². The average molecular weight is 77.1 g/mol. The first-order chi connectivity index (χ1) is 2.27. The zero-order chi connectivity index (χ0) is 4.28. The molecule has 0 N–H and O–H groups in total. The van der Waals surface area contributed by atoms with Gasteiger partial charge in [0.05, 0.1) is 0 Å².